The van der Waals surface area contributed by atoms with Gasteiger partial charge >= 0.3 is 5.97 Å². The lowest BCUT2D eigenvalue weighted by Gasteiger charge is -2.20. The maximum absolute atomic E-state index is 11.8. The summed E-state index contributed by atoms with van der Waals surface area (Å²) in [6.07, 6.45) is 0.619. The number of amides is 1. The van der Waals surface area contributed by atoms with E-state index in [-0.39, 0.29) is 31.4 Å². The second-order valence-corrected chi connectivity index (χ2v) is 4.47. The van der Waals surface area contributed by atoms with Crippen LogP contribution < -0.4 is 11.1 Å². The molecule has 0 saturated heterocycles. The molecule has 0 rings (SSSR count). The zero-order valence-electron chi connectivity index (χ0n) is 10.3. The number of carboxylic acid groups (broad SMARTS) is 1. The molecule has 100 valence electrons. The predicted molar refractivity (Wildman–Crippen MR) is 63.3 cm³/mol. The van der Waals surface area contributed by atoms with Crippen molar-refractivity contribution < 1.29 is 19.8 Å². The van der Waals surface area contributed by atoms with Crippen LogP contribution in [0.3, 0.4) is 0 Å². The number of aliphatic carboxylic acids is 1. The topological polar surface area (TPSA) is 113 Å². The second kappa shape index (κ2) is 8.03. The minimum atomic E-state index is -1.15. The van der Waals surface area contributed by atoms with Crippen molar-refractivity contribution in [3.63, 3.8) is 0 Å². The summed E-state index contributed by atoms with van der Waals surface area (Å²) in [5.74, 6) is -1.57. The van der Waals surface area contributed by atoms with Gasteiger partial charge in [0.05, 0.1) is 5.92 Å². The van der Waals surface area contributed by atoms with Crippen LogP contribution in [0.25, 0.3) is 0 Å². The first kappa shape index (κ1) is 15.9. The Morgan fingerprint density at radius 3 is 2.29 bits per heavy atom. The van der Waals surface area contributed by atoms with E-state index in [0.29, 0.717) is 12.3 Å². The molecule has 0 aliphatic carbocycles. The van der Waals surface area contributed by atoms with Gasteiger partial charge in [0.2, 0.25) is 5.91 Å². The molecule has 0 aromatic heterocycles. The first-order valence-electron chi connectivity index (χ1n) is 5.76. The van der Waals surface area contributed by atoms with Crippen molar-refractivity contribution in [3.05, 3.63) is 0 Å². The summed E-state index contributed by atoms with van der Waals surface area (Å²) in [6.45, 7) is 3.85. The standard InChI is InChI=1S/C11H22N2O4/c1-7(2)5-8(6-12)10(15)13-9(3-4-14)11(16)17/h7-9,14H,3-6,12H2,1-2H3,(H,13,15)(H,16,17). The molecule has 2 atom stereocenters. The first-order chi connectivity index (χ1) is 7.92. The van der Waals surface area contributed by atoms with Crippen LogP contribution in [0.4, 0.5) is 0 Å². The van der Waals surface area contributed by atoms with Crippen LogP contribution in [0.5, 0.6) is 0 Å². The lowest BCUT2D eigenvalue weighted by molar-refractivity contribution is -0.143. The molecule has 0 heterocycles. The Morgan fingerprint density at radius 2 is 1.94 bits per heavy atom. The van der Waals surface area contributed by atoms with Crippen molar-refractivity contribution in [2.45, 2.75) is 32.7 Å². The minimum absolute atomic E-state index is 0.0000430. The number of aliphatic hydroxyl groups excluding tert-OH is 1. The molecule has 0 aromatic rings. The molecule has 5 N–H and O–H groups in total. The van der Waals surface area contributed by atoms with E-state index in [1.54, 1.807) is 0 Å². The number of hydrogen-bond acceptors (Lipinski definition) is 4. The third kappa shape index (κ3) is 6.23. The maximum atomic E-state index is 11.8. The Labute approximate surface area is 101 Å². The minimum Gasteiger partial charge on any atom is -0.480 e. The Balaban J connectivity index is 4.40. The van der Waals surface area contributed by atoms with Crippen molar-refractivity contribution >= 4 is 11.9 Å². The number of carbonyl (C=O) groups excluding carboxylic acids is 1. The molecule has 0 radical (unpaired) electrons. The molecule has 6 nitrogen and oxygen atoms in total. The van der Waals surface area contributed by atoms with Gasteiger partial charge in [-0.3, -0.25) is 4.79 Å². The molecule has 2 unspecified atom stereocenters. The van der Waals surface area contributed by atoms with Crippen LogP contribution in [0.1, 0.15) is 26.7 Å². The van der Waals surface area contributed by atoms with Gasteiger partial charge < -0.3 is 21.3 Å². The fourth-order valence-electron chi connectivity index (χ4n) is 1.56. The highest BCUT2D eigenvalue weighted by Crippen LogP contribution is 2.11. The number of carbonyl (C=O) groups is 2. The van der Waals surface area contributed by atoms with Crippen LogP contribution in [0, 0.1) is 11.8 Å². The first-order valence-corrected chi connectivity index (χ1v) is 5.76. The van der Waals surface area contributed by atoms with Crippen molar-refractivity contribution in [2.24, 2.45) is 17.6 Å². The molecule has 0 saturated carbocycles. The summed E-state index contributed by atoms with van der Waals surface area (Å²) < 4.78 is 0. The lowest BCUT2D eigenvalue weighted by atomic mass is 9.96. The molecule has 6 heteroatoms. The third-order valence-corrected chi connectivity index (χ3v) is 2.44. The van der Waals surface area contributed by atoms with Gasteiger partial charge in [-0.1, -0.05) is 13.8 Å². The van der Waals surface area contributed by atoms with E-state index in [4.69, 9.17) is 15.9 Å². The van der Waals surface area contributed by atoms with Gasteiger partial charge in [0.25, 0.3) is 0 Å². The zero-order chi connectivity index (χ0) is 13.4. The fourth-order valence-corrected chi connectivity index (χ4v) is 1.56. The van der Waals surface area contributed by atoms with Gasteiger partial charge in [-0.2, -0.15) is 0 Å². The van der Waals surface area contributed by atoms with Gasteiger partial charge in [0, 0.05) is 19.6 Å². The number of rotatable bonds is 8. The Morgan fingerprint density at radius 1 is 1.35 bits per heavy atom. The van der Waals surface area contributed by atoms with Crippen LogP contribution >= 0.6 is 0 Å². The van der Waals surface area contributed by atoms with Gasteiger partial charge in [-0.15, -0.1) is 0 Å². The van der Waals surface area contributed by atoms with Crippen LogP contribution in [-0.2, 0) is 9.59 Å². The van der Waals surface area contributed by atoms with E-state index in [9.17, 15) is 9.59 Å². The van der Waals surface area contributed by atoms with Crippen molar-refractivity contribution in [1.29, 1.82) is 0 Å². The van der Waals surface area contributed by atoms with E-state index in [0.717, 1.165) is 0 Å². The van der Waals surface area contributed by atoms with Gasteiger partial charge in [-0.25, -0.2) is 4.79 Å². The van der Waals surface area contributed by atoms with Crippen molar-refractivity contribution in [2.75, 3.05) is 13.2 Å². The van der Waals surface area contributed by atoms with Crippen LogP contribution in [-0.4, -0.2) is 41.3 Å². The van der Waals surface area contributed by atoms with E-state index in [1.165, 1.54) is 0 Å². The molecular formula is C11H22N2O4. The van der Waals surface area contributed by atoms with Crippen LogP contribution in [0.2, 0.25) is 0 Å². The zero-order valence-corrected chi connectivity index (χ0v) is 10.3. The average molecular weight is 246 g/mol. The predicted octanol–water partition coefficient (Wildman–Crippen LogP) is -0.441. The Hall–Kier alpha value is -1.14. The van der Waals surface area contributed by atoms with Gasteiger partial charge in [-0.05, 0) is 12.3 Å². The van der Waals surface area contributed by atoms with E-state index < -0.39 is 12.0 Å². The largest absolute Gasteiger partial charge is 0.480 e. The maximum Gasteiger partial charge on any atom is 0.326 e. The molecule has 0 fully saturated rings. The quantitative estimate of drug-likeness (QED) is 0.464. The second-order valence-electron chi connectivity index (χ2n) is 4.47. The lowest BCUT2D eigenvalue weighted by Crippen LogP contribution is -2.45. The smallest absolute Gasteiger partial charge is 0.326 e. The van der Waals surface area contributed by atoms with E-state index in [1.807, 2.05) is 13.8 Å². The van der Waals surface area contributed by atoms with Gasteiger partial charge in [0.1, 0.15) is 6.04 Å². The average Bonchev–Trinajstić information content (AvgIpc) is 2.24. The molecule has 0 bridgehead atoms. The number of carboxylic acids is 1. The number of aliphatic hydroxyl groups is 1. The summed E-state index contributed by atoms with van der Waals surface area (Å²) >= 11 is 0. The normalized spacial score (nSPS) is 14.4. The highest BCUT2D eigenvalue weighted by Gasteiger charge is 2.24. The molecule has 1 amide bonds. The fraction of sp³-hybridized carbons (Fsp3) is 0.818. The Bertz CT molecular complexity index is 256. The molecule has 17 heavy (non-hydrogen) atoms. The number of nitrogens with two attached hydrogens (primary N) is 1. The molecule has 0 spiro atoms. The monoisotopic (exact) mass is 246 g/mol. The van der Waals surface area contributed by atoms with E-state index in [2.05, 4.69) is 5.32 Å². The molecule has 0 aliphatic heterocycles. The summed E-state index contributed by atoms with van der Waals surface area (Å²) in [5, 5.41) is 19.9. The summed E-state index contributed by atoms with van der Waals surface area (Å²) in [4.78, 5) is 22.6. The SMILES string of the molecule is CC(C)CC(CN)C(=O)NC(CCO)C(=O)O. The number of nitrogens with one attached hydrogen (secondary N) is 1. The summed E-state index contributed by atoms with van der Waals surface area (Å²) in [7, 11) is 0. The molecule has 0 aromatic carbocycles. The summed E-state index contributed by atoms with van der Waals surface area (Å²) in [5.41, 5.74) is 5.49. The van der Waals surface area contributed by atoms with E-state index >= 15 is 0 Å². The molecule has 0 aliphatic rings. The number of hydrogen-bond donors (Lipinski definition) is 4. The highest BCUT2D eigenvalue weighted by molar-refractivity contribution is 5.85. The molecular weight excluding hydrogens is 224 g/mol. The summed E-state index contributed by atoms with van der Waals surface area (Å²) in [6, 6.07) is -1.05. The van der Waals surface area contributed by atoms with Crippen molar-refractivity contribution in [3.8, 4) is 0 Å². The van der Waals surface area contributed by atoms with Gasteiger partial charge in [0.15, 0.2) is 0 Å². The van der Waals surface area contributed by atoms with Crippen molar-refractivity contribution in [1.82, 2.24) is 5.32 Å². The van der Waals surface area contributed by atoms with Crippen LogP contribution in [0.15, 0.2) is 0 Å². The third-order valence-electron chi connectivity index (χ3n) is 2.44. The Kier molecular flexibility index (Phi) is 7.49. The highest BCUT2D eigenvalue weighted by atomic mass is 16.4.